The van der Waals surface area contributed by atoms with Gasteiger partial charge in [0.25, 0.3) is 5.69 Å². The third-order valence-corrected chi connectivity index (χ3v) is 4.65. The molecule has 0 bridgehead atoms. The minimum absolute atomic E-state index is 0.0647. The fraction of sp³-hybridized carbons (Fsp3) is 0.533. The topological polar surface area (TPSA) is 90.0 Å². The van der Waals surface area contributed by atoms with Gasteiger partial charge in [0.2, 0.25) is 0 Å². The Morgan fingerprint density at radius 2 is 2.17 bits per heavy atom. The van der Waals surface area contributed by atoms with Gasteiger partial charge in [-0.3, -0.25) is 10.1 Å². The third-order valence-electron chi connectivity index (χ3n) is 4.65. The van der Waals surface area contributed by atoms with E-state index in [1.54, 1.807) is 13.0 Å². The highest BCUT2D eigenvalue weighted by Crippen LogP contribution is 2.39. The Balaban J connectivity index is 1.49. The number of pyridine rings is 1. The van der Waals surface area contributed by atoms with Gasteiger partial charge in [0.1, 0.15) is 12.0 Å². The van der Waals surface area contributed by atoms with Crippen molar-refractivity contribution in [1.82, 2.24) is 20.0 Å². The zero-order valence-corrected chi connectivity index (χ0v) is 12.9. The van der Waals surface area contributed by atoms with E-state index >= 15 is 0 Å². The maximum absolute atomic E-state index is 10.9. The van der Waals surface area contributed by atoms with E-state index < -0.39 is 4.92 Å². The van der Waals surface area contributed by atoms with Gasteiger partial charge < -0.3 is 4.90 Å². The first-order chi connectivity index (χ1) is 11.1. The molecule has 120 valence electrons. The quantitative estimate of drug-likeness (QED) is 0.635. The van der Waals surface area contributed by atoms with Crippen LogP contribution < -0.4 is 4.90 Å². The van der Waals surface area contributed by atoms with E-state index in [0.717, 1.165) is 31.0 Å². The van der Waals surface area contributed by atoms with Crippen LogP contribution in [0.1, 0.15) is 42.5 Å². The van der Waals surface area contributed by atoms with Gasteiger partial charge in [-0.15, -0.1) is 5.10 Å². The zero-order valence-electron chi connectivity index (χ0n) is 12.9. The van der Waals surface area contributed by atoms with Crippen LogP contribution in [0.2, 0.25) is 0 Å². The minimum Gasteiger partial charge on any atom is -0.354 e. The molecule has 23 heavy (non-hydrogen) atoms. The molecule has 0 amide bonds. The first kappa shape index (κ1) is 14.1. The lowest BCUT2D eigenvalue weighted by Gasteiger charge is -2.17. The maximum atomic E-state index is 10.9. The normalized spacial score (nSPS) is 20.9. The first-order valence-corrected chi connectivity index (χ1v) is 7.89. The van der Waals surface area contributed by atoms with E-state index in [0.29, 0.717) is 11.5 Å². The second-order valence-corrected chi connectivity index (χ2v) is 6.37. The lowest BCUT2D eigenvalue weighted by molar-refractivity contribution is -0.385. The molecule has 1 saturated heterocycles. The van der Waals surface area contributed by atoms with Crippen LogP contribution in [0.3, 0.4) is 0 Å². The number of rotatable bonds is 4. The van der Waals surface area contributed by atoms with E-state index in [1.165, 1.54) is 19.0 Å². The molecule has 0 N–H and O–H groups in total. The Morgan fingerprint density at radius 3 is 2.87 bits per heavy atom. The summed E-state index contributed by atoms with van der Waals surface area (Å²) in [4.78, 5) is 16.9. The van der Waals surface area contributed by atoms with E-state index in [4.69, 9.17) is 0 Å². The molecule has 1 saturated carbocycles. The molecule has 8 heteroatoms. The number of hydrogen-bond acceptors (Lipinski definition) is 6. The molecule has 2 aromatic rings. The van der Waals surface area contributed by atoms with Crippen molar-refractivity contribution in [2.24, 2.45) is 0 Å². The molecule has 0 aromatic carbocycles. The molecular formula is C15H18N6O2. The number of aromatic nitrogens is 4. The van der Waals surface area contributed by atoms with Crippen molar-refractivity contribution in [1.29, 1.82) is 0 Å². The molecule has 1 atom stereocenters. The van der Waals surface area contributed by atoms with Gasteiger partial charge in [-0.2, -0.15) is 0 Å². The number of nitrogens with zero attached hydrogens (tertiary/aromatic N) is 6. The molecule has 1 aliphatic carbocycles. The number of anilines is 1. The largest absolute Gasteiger partial charge is 0.354 e. The lowest BCUT2D eigenvalue weighted by atomic mass is 10.2. The fourth-order valence-electron chi connectivity index (χ4n) is 3.10. The third kappa shape index (κ3) is 2.64. The van der Waals surface area contributed by atoms with E-state index in [9.17, 15) is 10.1 Å². The summed E-state index contributed by atoms with van der Waals surface area (Å²) in [6.45, 7) is 3.42. The molecular weight excluding hydrogens is 296 g/mol. The van der Waals surface area contributed by atoms with E-state index in [-0.39, 0.29) is 11.7 Å². The molecule has 3 heterocycles. The minimum atomic E-state index is -0.395. The van der Waals surface area contributed by atoms with Crippen molar-refractivity contribution in [2.45, 2.75) is 38.1 Å². The summed E-state index contributed by atoms with van der Waals surface area (Å²) in [7, 11) is 0. The summed E-state index contributed by atoms with van der Waals surface area (Å²) >= 11 is 0. The Morgan fingerprint density at radius 1 is 1.35 bits per heavy atom. The van der Waals surface area contributed by atoms with E-state index in [1.807, 2.05) is 4.68 Å². The van der Waals surface area contributed by atoms with Crippen LogP contribution in [-0.4, -0.2) is 38.0 Å². The highest BCUT2D eigenvalue weighted by molar-refractivity contribution is 5.49. The number of nitro groups is 1. The van der Waals surface area contributed by atoms with Gasteiger partial charge in [-0.1, -0.05) is 5.21 Å². The summed E-state index contributed by atoms with van der Waals surface area (Å²) in [5.41, 5.74) is 1.81. The Labute approximate surface area is 133 Å². The molecule has 1 aliphatic heterocycles. The summed E-state index contributed by atoms with van der Waals surface area (Å²) in [6, 6.07) is 2.07. The smallest absolute Gasteiger partial charge is 0.290 e. The molecule has 0 radical (unpaired) electrons. The summed E-state index contributed by atoms with van der Waals surface area (Å²) < 4.78 is 1.96. The van der Waals surface area contributed by atoms with Gasteiger partial charge in [-0.05, 0) is 32.3 Å². The van der Waals surface area contributed by atoms with Crippen LogP contribution in [0.15, 0.2) is 18.5 Å². The van der Waals surface area contributed by atoms with Crippen LogP contribution in [0.25, 0.3) is 0 Å². The van der Waals surface area contributed by atoms with Crippen LogP contribution in [0.4, 0.5) is 11.5 Å². The molecule has 1 unspecified atom stereocenters. The van der Waals surface area contributed by atoms with Crippen LogP contribution in [-0.2, 0) is 0 Å². The average Bonchev–Trinajstić information content (AvgIpc) is 3.07. The molecule has 4 rings (SSSR count). The SMILES string of the molecule is Cc1cc(N2CCC(n3cc(C4CC4)nn3)C2)ncc1[N+](=O)[O-]. The van der Waals surface area contributed by atoms with Gasteiger partial charge >= 0.3 is 0 Å². The first-order valence-electron chi connectivity index (χ1n) is 7.89. The fourth-order valence-corrected chi connectivity index (χ4v) is 3.10. The Bertz CT molecular complexity index is 754. The van der Waals surface area contributed by atoms with Crippen LogP contribution >= 0.6 is 0 Å². The number of hydrogen-bond donors (Lipinski definition) is 0. The van der Waals surface area contributed by atoms with E-state index in [2.05, 4.69) is 26.4 Å². The highest BCUT2D eigenvalue weighted by Gasteiger charge is 2.30. The second-order valence-electron chi connectivity index (χ2n) is 6.37. The van der Waals surface area contributed by atoms with Gasteiger partial charge in [0.15, 0.2) is 0 Å². The van der Waals surface area contributed by atoms with Crippen LogP contribution in [0, 0.1) is 17.0 Å². The van der Waals surface area contributed by atoms with Crippen molar-refractivity contribution in [2.75, 3.05) is 18.0 Å². The van der Waals surface area contributed by atoms with Crippen molar-refractivity contribution in [3.63, 3.8) is 0 Å². The highest BCUT2D eigenvalue weighted by atomic mass is 16.6. The monoisotopic (exact) mass is 314 g/mol. The van der Waals surface area contributed by atoms with Gasteiger partial charge in [0, 0.05) is 30.8 Å². The molecule has 2 aliphatic rings. The molecule has 8 nitrogen and oxygen atoms in total. The molecule has 2 fully saturated rings. The van der Waals surface area contributed by atoms with Crippen molar-refractivity contribution < 1.29 is 4.92 Å². The number of aryl methyl sites for hydroxylation is 1. The van der Waals surface area contributed by atoms with Crippen molar-refractivity contribution >= 4 is 11.5 Å². The van der Waals surface area contributed by atoms with Crippen LogP contribution in [0.5, 0.6) is 0 Å². The summed E-state index contributed by atoms with van der Waals surface area (Å²) in [6.07, 6.45) is 6.84. The second kappa shape index (κ2) is 5.29. The van der Waals surface area contributed by atoms with Gasteiger partial charge in [0.05, 0.1) is 16.7 Å². The summed E-state index contributed by atoms with van der Waals surface area (Å²) in [5, 5.41) is 19.4. The Hall–Kier alpha value is -2.51. The Kier molecular flexibility index (Phi) is 3.24. The predicted octanol–water partition coefficient (Wildman–Crippen LogP) is 2.22. The zero-order chi connectivity index (χ0) is 16.0. The van der Waals surface area contributed by atoms with Crippen molar-refractivity contribution in [3.05, 3.63) is 39.8 Å². The summed E-state index contributed by atoms with van der Waals surface area (Å²) in [5.74, 6) is 1.40. The van der Waals surface area contributed by atoms with Gasteiger partial charge in [-0.25, -0.2) is 9.67 Å². The molecule has 0 spiro atoms. The predicted molar refractivity (Wildman–Crippen MR) is 83.5 cm³/mol. The standard InChI is InChI=1S/C15H18N6O2/c1-10-6-15(16-7-14(10)21(22)23)19-5-4-12(8-19)20-9-13(17-18-20)11-2-3-11/h6-7,9,11-12H,2-5,8H2,1H3. The maximum Gasteiger partial charge on any atom is 0.290 e. The molecule has 2 aromatic heterocycles. The lowest BCUT2D eigenvalue weighted by Crippen LogP contribution is -2.22. The van der Waals surface area contributed by atoms with Crippen molar-refractivity contribution in [3.8, 4) is 0 Å². The average molecular weight is 314 g/mol.